The number of hydrogen-bond acceptors (Lipinski definition) is 2. The Morgan fingerprint density at radius 3 is 2.76 bits per heavy atom. The van der Waals surface area contributed by atoms with Gasteiger partial charge in [0.15, 0.2) is 0 Å². The molecule has 1 aromatic rings. The van der Waals surface area contributed by atoms with Crippen LogP contribution >= 0.6 is 0 Å². The van der Waals surface area contributed by atoms with E-state index in [0.29, 0.717) is 24.7 Å². The number of rotatable bonds is 2. The lowest BCUT2D eigenvalue weighted by molar-refractivity contribution is -0.137. The molecule has 0 bridgehead atoms. The summed E-state index contributed by atoms with van der Waals surface area (Å²) < 4.78 is 51.4. The molecule has 1 atom stereocenters. The first kappa shape index (κ1) is 15.8. The van der Waals surface area contributed by atoms with E-state index in [2.05, 4.69) is 10.6 Å². The van der Waals surface area contributed by atoms with Gasteiger partial charge >= 0.3 is 6.18 Å². The fourth-order valence-electron chi connectivity index (χ4n) is 2.28. The predicted molar refractivity (Wildman–Crippen MR) is 69.4 cm³/mol. The molecule has 0 radical (unpaired) electrons. The van der Waals surface area contributed by atoms with E-state index in [9.17, 15) is 22.4 Å². The molecule has 1 unspecified atom stereocenters. The summed E-state index contributed by atoms with van der Waals surface area (Å²) in [6, 6.07) is 1.64. The van der Waals surface area contributed by atoms with Crippen LogP contribution in [0.25, 0.3) is 0 Å². The number of amides is 1. The monoisotopic (exact) mass is 304 g/mol. The Kier molecular flexibility index (Phi) is 4.82. The van der Waals surface area contributed by atoms with Crippen LogP contribution in [0.3, 0.4) is 0 Å². The fourth-order valence-corrected chi connectivity index (χ4v) is 2.28. The molecule has 2 rings (SSSR count). The van der Waals surface area contributed by atoms with Gasteiger partial charge in [-0.15, -0.1) is 0 Å². The molecule has 1 fully saturated rings. The van der Waals surface area contributed by atoms with E-state index in [4.69, 9.17) is 0 Å². The minimum Gasteiger partial charge on any atom is -0.348 e. The van der Waals surface area contributed by atoms with Gasteiger partial charge in [-0.25, -0.2) is 4.39 Å². The van der Waals surface area contributed by atoms with E-state index >= 15 is 0 Å². The zero-order valence-electron chi connectivity index (χ0n) is 11.3. The average Bonchev–Trinajstić information content (AvgIpc) is 2.66. The van der Waals surface area contributed by atoms with E-state index in [1.807, 2.05) is 0 Å². The lowest BCUT2D eigenvalue weighted by Crippen LogP contribution is -2.41. The Morgan fingerprint density at radius 2 is 2.05 bits per heavy atom. The summed E-state index contributed by atoms with van der Waals surface area (Å²) in [4.78, 5) is 12.0. The van der Waals surface area contributed by atoms with Gasteiger partial charge < -0.3 is 10.6 Å². The molecule has 7 heteroatoms. The van der Waals surface area contributed by atoms with Crippen LogP contribution in [-0.2, 0) is 6.18 Å². The Balaban J connectivity index is 2.14. The highest BCUT2D eigenvalue weighted by Crippen LogP contribution is 2.30. The van der Waals surface area contributed by atoms with E-state index in [-0.39, 0.29) is 6.04 Å². The molecule has 2 N–H and O–H groups in total. The second kappa shape index (κ2) is 6.43. The third-order valence-electron chi connectivity index (χ3n) is 3.42. The van der Waals surface area contributed by atoms with Gasteiger partial charge in [-0.3, -0.25) is 4.79 Å². The van der Waals surface area contributed by atoms with Crippen molar-refractivity contribution in [1.82, 2.24) is 10.6 Å². The molecular formula is C14H16F4N2O. The second-order valence-corrected chi connectivity index (χ2v) is 5.06. The second-order valence-electron chi connectivity index (χ2n) is 5.06. The van der Waals surface area contributed by atoms with Crippen LogP contribution in [0.5, 0.6) is 0 Å². The summed E-state index contributed by atoms with van der Waals surface area (Å²) in [5.41, 5.74) is -1.61. The highest BCUT2D eigenvalue weighted by Gasteiger charge is 2.32. The number of carbonyl (C=O) groups excluding carboxylic acids is 1. The third kappa shape index (κ3) is 4.17. The van der Waals surface area contributed by atoms with Crippen LogP contribution in [0, 0.1) is 5.82 Å². The Bertz CT molecular complexity index is 508. The molecule has 1 heterocycles. The number of alkyl halides is 3. The number of halogens is 4. The van der Waals surface area contributed by atoms with Crippen LogP contribution in [0.2, 0.25) is 0 Å². The first-order valence-corrected chi connectivity index (χ1v) is 6.76. The Morgan fingerprint density at radius 1 is 1.29 bits per heavy atom. The van der Waals surface area contributed by atoms with Crippen molar-refractivity contribution in [3.8, 4) is 0 Å². The van der Waals surface area contributed by atoms with E-state index in [1.54, 1.807) is 0 Å². The first-order chi connectivity index (χ1) is 9.88. The van der Waals surface area contributed by atoms with Crippen LogP contribution in [-0.4, -0.2) is 25.0 Å². The van der Waals surface area contributed by atoms with Gasteiger partial charge in [-0.1, -0.05) is 6.42 Å². The molecule has 1 aliphatic heterocycles. The molecule has 1 saturated heterocycles. The topological polar surface area (TPSA) is 41.1 Å². The molecule has 0 saturated carbocycles. The van der Waals surface area contributed by atoms with Gasteiger partial charge in [0.1, 0.15) is 5.82 Å². The van der Waals surface area contributed by atoms with Crippen molar-refractivity contribution in [3.63, 3.8) is 0 Å². The van der Waals surface area contributed by atoms with Gasteiger partial charge in [0.05, 0.1) is 11.1 Å². The van der Waals surface area contributed by atoms with E-state index in [1.165, 1.54) is 0 Å². The molecule has 1 amide bonds. The lowest BCUT2D eigenvalue weighted by atomic mass is 10.1. The molecule has 116 valence electrons. The number of benzene rings is 1. The van der Waals surface area contributed by atoms with Crippen LogP contribution < -0.4 is 10.6 Å². The standard InChI is InChI=1S/C14H16F4N2O/c15-12-5-4-9(14(16,17)18)7-11(12)13(21)20-10-3-1-2-6-19-8-10/h4-5,7,10,19H,1-3,6,8H2,(H,20,21). The minimum atomic E-state index is -4.60. The number of nitrogens with one attached hydrogen (secondary N) is 2. The van der Waals surface area contributed by atoms with Gasteiger partial charge in [0, 0.05) is 12.6 Å². The highest BCUT2D eigenvalue weighted by atomic mass is 19.4. The van der Waals surface area contributed by atoms with E-state index < -0.39 is 29.0 Å². The normalized spacial score (nSPS) is 19.9. The lowest BCUT2D eigenvalue weighted by Gasteiger charge is -2.17. The summed E-state index contributed by atoms with van der Waals surface area (Å²) in [5, 5.41) is 5.70. The number of carbonyl (C=O) groups is 1. The predicted octanol–water partition coefficient (Wildman–Crippen LogP) is 2.72. The molecule has 21 heavy (non-hydrogen) atoms. The van der Waals surface area contributed by atoms with E-state index in [0.717, 1.165) is 25.8 Å². The van der Waals surface area contributed by atoms with Gasteiger partial charge in [-0.2, -0.15) is 13.2 Å². The summed E-state index contributed by atoms with van der Waals surface area (Å²) in [5.74, 6) is -1.77. The first-order valence-electron chi connectivity index (χ1n) is 6.76. The van der Waals surface area contributed by atoms with Crippen molar-refractivity contribution in [2.75, 3.05) is 13.1 Å². The molecule has 0 spiro atoms. The van der Waals surface area contributed by atoms with Crippen molar-refractivity contribution >= 4 is 5.91 Å². The smallest absolute Gasteiger partial charge is 0.348 e. The molecule has 3 nitrogen and oxygen atoms in total. The van der Waals surface area contributed by atoms with Crippen molar-refractivity contribution in [2.24, 2.45) is 0 Å². The number of hydrogen-bond donors (Lipinski definition) is 2. The maximum Gasteiger partial charge on any atom is 0.416 e. The van der Waals surface area contributed by atoms with Crippen molar-refractivity contribution in [1.29, 1.82) is 0 Å². The zero-order valence-corrected chi connectivity index (χ0v) is 11.3. The minimum absolute atomic E-state index is 0.200. The van der Waals surface area contributed by atoms with Crippen LogP contribution in [0.4, 0.5) is 17.6 Å². The van der Waals surface area contributed by atoms with Gasteiger partial charge in [0.2, 0.25) is 0 Å². The summed E-state index contributed by atoms with van der Waals surface area (Å²) in [7, 11) is 0. The van der Waals surface area contributed by atoms with Gasteiger partial charge in [-0.05, 0) is 37.6 Å². The maximum absolute atomic E-state index is 13.6. The van der Waals surface area contributed by atoms with Crippen molar-refractivity contribution in [2.45, 2.75) is 31.5 Å². The average molecular weight is 304 g/mol. The van der Waals surface area contributed by atoms with Gasteiger partial charge in [0.25, 0.3) is 5.91 Å². The largest absolute Gasteiger partial charge is 0.416 e. The molecule has 0 aromatic heterocycles. The summed E-state index contributed by atoms with van der Waals surface area (Å²) in [6.45, 7) is 1.37. The molecular weight excluding hydrogens is 288 g/mol. The Labute approximate surface area is 119 Å². The molecule has 0 aliphatic carbocycles. The van der Waals surface area contributed by atoms with Crippen molar-refractivity contribution in [3.05, 3.63) is 35.1 Å². The summed E-state index contributed by atoms with van der Waals surface area (Å²) in [6.07, 6.45) is -2.00. The molecule has 1 aromatic carbocycles. The Hall–Kier alpha value is -1.63. The maximum atomic E-state index is 13.6. The molecule has 1 aliphatic rings. The SMILES string of the molecule is O=C(NC1CCCCNC1)c1cc(C(F)(F)F)ccc1F. The van der Waals surface area contributed by atoms with Crippen LogP contribution in [0.1, 0.15) is 35.2 Å². The highest BCUT2D eigenvalue weighted by molar-refractivity contribution is 5.94. The quantitative estimate of drug-likeness (QED) is 0.825. The summed E-state index contributed by atoms with van der Waals surface area (Å²) >= 11 is 0. The van der Waals surface area contributed by atoms with Crippen LogP contribution in [0.15, 0.2) is 18.2 Å². The third-order valence-corrected chi connectivity index (χ3v) is 3.42. The fraction of sp³-hybridized carbons (Fsp3) is 0.500. The zero-order chi connectivity index (χ0) is 15.5. The van der Waals surface area contributed by atoms with Crippen molar-refractivity contribution < 1.29 is 22.4 Å².